The van der Waals surface area contributed by atoms with Crippen molar-refractivity contribution in [3.8, 4) is 0 Å². The molecule has 1 aliphatic heterocycles. The van der Waals surface area contributed by atoms with Crippen LogP contribution >= 0.6 is 0 Å². The Bertz CT molecular complexity index is 216. The smallest absolute Gasteiger partial charge is 0.248 e. The number of aliphatic hydroxyl groups excluding tert-OH is 1. The molecule has 0 radical (unpaired) electrons. The molecule has 0 aromatic carbocycles. The molecule has 14 heavy (non-hydrogen) atoms. The van der Waals surface area contributed by atoms with Crippen LogP contribution in [0.5, 0.6) is 0 Å². The van der Waals surface area contributed by atoms with E-state index in [1.807, 2.05) is 0 Å². The van der Waals surface area contributed by atoms with Crippen molar-refractivity contribution in [3.63, 3.8) is 0 Å². The molecule has 2 N–H and O–H groups in total. The van der Waals surface area contributed by atoms with Gasteiger partial charge in [-0.15, -0.1) is 0 Å². The zero-order valence-electron chi connectivity index (χ0n) is 8.41. The lowest BCUT2D eigenvalue weighted by molar-refractivity contribution is -0.135. The van der Waals surface area contributed by atoms with Crippen LogP contribution < -0.4 is 5.32 Å². The summed E-state index contributed by atoms with van der Waals surface area (Å²) in [6, 6.07) is 1.15. The number of piperidine rings is 1. The number of carbonyl (C=O) groups excluding carboxylic acids is 1. The van der Waals surface area contributed by atoms with Gasteiger partial charge in [-0.1, -0.05) is 0 Å². The molecule has 1 amide bonds. The molecular formula is C10H18N2O2. The molecule has 2 aliphatic rings. The highest BCUT2D eigenvalue weighted by molar-refractivity contribution is 5.77. The maximum absolute atomic E-state index is 11.3. The monoisotopic (exact) mass is 198 g/mol. The first-order valence-electron chi connectivity index (χ1n) is 5.44. The van der Waals surface area contributed by atoms with Crippen LogP contribution in [0, 0.1) is 0 Å². The molecule has 2 fully saturated rings. The Balaban J connectivity index is 1.79. The first kappa shape index (κ1) is 9.93. The molecule has 80 valence electrons. The topological polar surface area (TPSA) is 52.6 Å². The Morgan fingerprint density at radius 3 is 2.79 bits per heavy atom. The Labute approximate surface area is 84.3 Å². The van der Waals surface area contributed by atoms with E-state index in [-0.39, 0.29) is 12.5 Å². The van der Waals surface area contributed by atoms with Crippen molar-refractivity contribution in [3.05, 3.63) is 0 Å². The number of hydrogen-bond donors (Lipinski definition) is 2. The number of nitrogens with zero attached hydrogens (tertiary/aromatic N) is 1. The number of carbonyl (C=O) groups is 1. The SMILES string of the molecule is O=C(CO)N1CCC[C@@H](NC2CC2)C1. The minimum absolute atomic E-state index is 0.132. The Hall–Kier alpha value is -0.610. The molecule has 1 aliphatic carbocycles. The van der Waals surface area contributed by atoms with Gasteiger partial charge in [0.1, 0.15) is 6.61 Å². The van der Waals surface area contributed by atoms with Gasteiger partial charge in [0.15, 0.2) is 0 Å². The molecule has 0 aromatic heterocycles. The Kier molecular flexibility index (Phi) is 3.03. The van der Waals surface area contributed by atoms with Crippen molar-refractivity contribution in [2.75, 3.05) is 19.7 Å². The van der Waals surface area contributed by atoms with Crippen LogP contribution in [-0.2, 0) is 4.79 Å². The number of hydrogen-bond acceptors (Lipinski definition) is 3. The molecular weight excluding hydrogens is 180 g/mol. The first-order chi connectivity index (χ1) is 6.79. The molecule has 0 aromatic rings. The third-order valence-corrected chi connectivity index (χ3v) is 2.96. The normalized spacial score (nSPS) is 27.8. The van der Waals surface area contributed by atoms with E-state index in [1.165, 1.54) is 12.8 Å². The number of amides is 1. The average molecular weight is 198 g/mol. The van der Waals surface area contributed by atoms with Gasteiger partial charge < -0.3 is 15.3 Å². The minimum Gasteiger partial charge on any atom is -0.387 e. The zero-order valence-corrected chi connectivity index (χ0v) is 8.41. The van der Waals surface area contributed by atoms with E-state index >= 15 is 0 Å². The van der Waals surface area contributed by atoms with Crippen LogP contribution in [-0.4, -0.2) is 47.7 Å². The molecule has 1 saturated carbocycles. The van der Waals surface area contributed by atoms with Crippen molar-refractivity contribution < 1.29 is 9.90 Å². The summed E-state index contributed by atoms with van der Waals surface area (Å²) >= 11 is 0. The number of aliphatic hydroxyl groups is 1. The summed E-state index contributed by atoms with van der Waals surface area (Å²) < 4.78 is 0. The first-order valence-corrected chi connectivity index (χ1v) is 5.44. The number of likely N-dealkylation sites (tertiary alicyclic amines) is 1. The predicted octanol–water partition coefficient (Wildman–Crippen LogP) is -0.278. The Morgan fingerprint density at radius 1 is 1.36 bits per heavy atom. The van der Waals surface area contributed by atoms with Gasteiger partial charge in [0.05, 0.1) is 0 Å². The third kappa shape index (κ3) is 2.45. The summed E-state index contributed by atoms with van der Waals surface area (Å²) in [7, 11) is 0. The van der Waals surface area contributed by atoms with Gasteiger partial charge in [-0.05, 0) is 25.7 Å². The lowest BCUT2D eigenvalue weighted by Gasteiger charge is -2.33. The molecule has 2 rings (SSSR count). The second-order valence-corrected chi connectivity index (χ2v) is 4.28. The fourth-order valence-electron chi connectivity index (χ4n) is 2.02. The van der Waals surface area contributed by atoms with E-state index in [0.717, 1.165) is 25.9 Å². The third-order valence-electron chi connectivity index (χ3n) is 2.96. The molecule has 4 heteroatoms. The van der Waals surface area contributed by atoms with E-state index in [2.05, 4.69) is 5.32 Å². The van der Waals surface area contributed by atoms with Crippen molar-refractivity contribution in [1.82, 2.24) is 10.2 Å². The fraction of sp³-hybridized carbons (Fsp3) is 0.900. The lowest BCUT2D eigenvalue weighted by atomic mass is 10.1. The van der Waals surface area contributed by atoms with Gasteiger partial charge in [0.2, 0.25) is 5.91 Å². The molecule has 0 bridgehead atoms. The largest absolute Gasteiger partial charge is 0.387 e. The second-order valence-electron chi connectivity index (χ2n) is 4.28. The van der Waals surface area contributed by atoms with Crippen LogP contribution in [0.3, 0.4) is 0 Å². The van der Waals surface area contributed by atoms with E-state index in [1.54, 1.807) is 4.90 Å². The molecule has 4 nitrogen and oxygen atoms in total. The zero-order chi connectivity index (χ0) is 9.97. The van der Waals surface area contributed by atoms with Gasteiger partial charge >= 0.3 is 0 Å². The van der Waals surface area contributed by atoms with Gasteiger partial charge in [-0.25, -0.2) is 0 Å². The highest BCUT2D eigenvalue weighted by Gasteiger charge is 2.28. The van der Waals surface area contributed by atoms with Gasteiger partial charge in [-0.2, -0.15) is 0 Å². The summed E-state index contributed by atoms with van der Waals surface area (Å²) in [6.45, 7) is 1.23. The van der Waals surface area contributed by atoms with Crippen molar-refractivity contribution >= 4 is 5.91 Å². The second kappa shape index (κ2) is 4.28. The summed E-state index contributed by atoms with van der Waals surface area (Å²) in [4.78, 5) is 13.0. The molecule has 1 atom stereocenters. The van der Waals surface area contributed by atoms with Gasteiger partial charge in [0.25, 0.3) is 0 Å². The maximum atomic E-state index is 11.3. The highest BCUT2D eigenvalue weighted by Crippen LogP contribution is 2.21. The summed E-state index contributed by atoms with van der Waals surface area (Å²) in [5.41, 5.74) is 0. The summed E-state index contributed by atoms with van der Waals surface area (Å²) in [5, 5.41) is 12.3. The van der Waals surface area contributed by atoms with Crippen molar-refractivity contribution in [2.24, 2.45) is 0 Å². The van der Waals surface area contributed by atoms with Crippen LogP contribution in [0.1, 0.15) is 25.7 Å². The predicted molar refractivity (Wildman–Crippen MR) is 52.8 cm³/mol. The molecule has 0 unspecified atom stereocenters. The Morgan fingerprint density at radius 2 is 2.14 bits per heavy atom. The van der Waals surface area contributed by atoms with E-state index in [9.17, 15) is 4.79 Å². The summed E-state index contributed by atoms with van der Waals surface area (Å²) in [6.07, 6.45) is 4.77. The molecule has 1 heterocycles. The van der Waals surface area contributed by atoms with Crippen molar-refractivity contribution in [2.45, 2.75) is 37.8 Å². The van der Waals surface area contributed by atoms with Crippen molar-refractivity contribution in [1.29, 1.82) is 0 Å². The maximum Gasteiger partial charge on any atom is 0.248 e. The van der Waals surface area contributed by atoms with Gasteiger partial charge in [0, 0.05) is 25.2 Å². The standard InChI is InChI=1S/C10H18N2O2/c13-7-10(14)12-5-1-2-9(6-12)11-8-3-4-8/h8-9,11,13H,1-7H2/t9-/m1/s1. The number of nitrogens with one attached hydrogen (secondary N) is 1. The minimum atomic E-state index is -0.351. The van der Waals surface area contributed by atoms with E-state index < -0.39 is 0 Å². The van der Waals surface area contributed by atoms with Crippen LogP contribution in [0.4, 0.5) is 0 Å². The summed E-state index contributed by atoms with van der Waals surface area (Å²) in [5.74, 6) is -0.132. The number of rotatable bonds is 3. The highest BCUT2D eigenvalue weighted by atomic mass is 16.3. The van der Waals surface area contributed by atoms with Crippen LogP contribution in [0.2, 0.25) is 0 Å². The average Bonchev–Trinajstić information content (AvgIpc) is 3.01. The fourth-order valence-corrected chi connectivity index (χ4v) is 2.02. The van der Waals surface area contributed by atoms with Crippen LogP contribution in [0.25, 0.3) is 0 Å². The molecule has 0 spiro atoms. The lowest BCUT2D eigenvalue weighted by Crippen LogP contribution is -2.49. The van der Waals surface area contributed by atoms with E-state index in [0.29, 0.717) is 12.1 Å². The van der Waals surface area contributed by atoms with Crippen LogP contribution in [0.15, 0.2) is 0 Å². The quantitative estimate of drug-likeness (QED) is 0.656. The molecule has 1 saturated heterocycles. The van der Waals surface area contributed by atoms with E-state index in [4.69, 9.17) is 5.11 Å². The van der Waals surface area contributed by atoms with Gasteiger partial charge in [-0.3, -0.25) is 4.79 Å².